The summed E-state index contributed by atoms with van der Waals surface area (Å²) in [6.45, 7) is 1.82. The van der Waals surface area contributed by atoms with Crippen LogP contribution in [0.4, 0.5) is 0 Å². The number of amides is 1. The third-order valence-electron chi connectivity index (χ3n) is 5.62. The first kappa shape index (κ1) is 17.3. The molecule has 1 saturated heterocycles. The Balaban J connectivity index is 1.27. The monoisotopic (exact) mass is 393 g/mol. The van der Waals surface area contributed by atoms with E-state index in [0.717, 1.165) is 48.3 Å². The van der Waals surface area contributed by atoms with Crippen LogP contribution >= 0.6 is 11.6 Å². The first-order chi connectivity index (χ1) is 13.7. The Labute approximate surface area is 167 Å². The van der Waals surface area contributed by atoms with Gasteiger partial charge < -0.3 is 9.47 Å². The highest BCUT2D eigenvalue weighted by molar-refractivity contribution is 6.35. The molecule has 0 saturated carbocycles. The molecule has 28 heavy (non-hydrogen) atoms. The molecule has 0 radical (unpaired) electrons. The maximum atomic E-state index is 12.8. The lowest BCUT2D eigenvalue weighted by Gasteiger charge is -2.31. The van der Waals surface area contributed by atoms with Gasteiger partial charge in [0.1, 0.15) is 12.4 Å². The van der Waals surface area contributed by atoms with Gasteiger partial charge in [-0.15, -0.1) is 10.2 Å². The number of halogens is 1. The highest BCUT2D eigenvalue weighted by Crippen LogP contribution is 2.28. The molecule has 0 spiro atoms. The lowest BCUT2D eigenvalue weighted by atomic mass is 9.96. The third kappa shape index (κ3) is 2.94. The Morgan fingerprint density at radius 1 is 1.04 bits per heavy atom. The van der Waals surface area contributed by atoms with Crippen LogP contribution in [0.5, 0.6) is 0 Å². The number of carbonyl (C=O) groups excluding carboxylic acids is 1. The van der Waals surface area contributed by atoms with Gasteiger partial charge >= 0.3 is 0 Å². The summed E-state index contributed by atoms with van der Waals surface area (Å²) in [4.78, 5) is 14.8. The smallest absolute Gasteiger partial charge is 0.242 e. The molecule has 4 aromatic rings. The van der Waals surface area contributed by atoms with Crippen molar-refractivity contribution >= 4 is 34.1 Å². The van der Waals surface area contributed by atoms with Gasteiger partial charge in [0.05, 0.1) is 0 Å². The Hall–Kier alpha value is -2.86. The highest BCUT2D eigenvalue weighted by Gasteiger charge is 2.27. The lowest BCUT2D eigenvalue weighted by Crippen LogP contribution is -2.40. The van der Waals surface area contributed by atoms with Crippen LogP contribution in [0.3, 0.4) is 0 Å². The van der Waals surface area contributed by atoms with Crippen LogP contribution in [0.2, 0.25) is 5.02 Å². The van der Waals surface area contributed by atoms with Crippen molar-refractivity contribution in [3.8, 4) is 0 Å². The van der Waals surface area contributed by atoms with E-state index >= 15 is 0 Å². The van der Waals surface area contributed by atoms with E-state index in [4.69, 9.17) is 11.6 Å². The first-order valence-corrected chi connectivity index (χ1v) is 9.89. The number of hydrogen-bond donors (Lipinski definition) is 0. The highest BCUT2D eigenvalue weighted by atomic mass is 35.5. The number of piperidine rings is 1. The Bertz CT molecular complexity index is 1160. The number of fused-ring (bicyclic) bond motifs is 2. The molecule has 1 aliphatic rings. The van der Waals surface area contributed by atoms with Gasteiger partial charge in [-0.1, -0.05) is 23.7 Å². The quantitative estimate of drug-likeness (QED) is 0.532. The third-order valence-corrected chi connectivity index (χ3v) is 5.95. The molecule has 7 heteroatoms. The van der Waals surface area contributed by atoms with E-state index in [1.54, 1.807) is 0 Å². The number of pyridine rings is 1. The van der Waals surface area contributed by atoms with Crippen molar-refractivity contribution in [3.05, 3.63) is 65.7 Å². The summed E-state index contributed by atoms with van der Waals surface area (Å²) < 4.78 is 4.03. The molecule has 0 unspecified atom stereocenters. The summed E-state index contributed by atoms with van der Waals surface area (Å²) in [6, 6.07) is 13.7. The number of carbonyl (C=O) groups is 1. The number of likely N-dealkylation sites (tertiary alicyclic amines) is 1. The van der Waals surface area contributed by atoms with Crippen molar-refractivity contribution < 1.29 is 4.79 Å². The summed E-state index contributed by atoms with van der Waals surface area (Å²) in [7, 11) is 0. The molecule has 6 nitrogen and oxygen atoms in total. The van der Waals surface area contributed by atoms with Gasteiger partial charge in [0.2, 0.25) is 5.91 Å². The minimum Gasteiger partial charge on any atom is -0.341 e. The molecule has 1 aromatic carbocycles. The SMILES string of the molecule is O=C(Cn1ccc2c(Cl)cccc21)N1CCC(c2nnc3ccccn23)CC1. The van der Waals surface area contributed by atoms with Crippen molar-refractivity contribution in [1.82, 2.24) is 24.1 Å². The van der Waals surface area contributed by atoms with Crippen LogP contribution in [0.25, 0.3) is 16.6 Å². The van der Waals surface area contributed by atoms with Gasteiger partial charge in [-0.05, 0) is 43.2 Å². The normalized spacial score (nSPS) is 15.5. The maximum Gasteiger partial charge on any atom is 0.242 e. The van der Waals surface area contributed by atoms with Gasteiger partial charge in [0.25, 0.3) is 0 Å². The van der Waals surface area contributed by atoms with Crippen molar-refractivity contribution in [2.24, 2.45) is 0 Å². The number of nitrogens with zero attached hydrogens (tertiary/aromatic N) is 5. The van der Waals surface area contributed by atoms with E-state index in [1.807, 2.05) is 64.3 Å². The molecule has 1 amide bonds. The fraction of sp³-hybridized carbons (Fsp3) is 0.286. The van der Waals surface area contributed by atoms with Crippen molar-refractivity contribution in [1.29, 1.82) is 0 Å². The second-order valence-electron chi connectivity index (χ2n) is 7.26. The van der Waals surface area contributed by atoms with E-state index in [-0.39, 0.29) is 5.91 Å². The van der Waals surface area contributed by atoms with Gasteiger partial charge in [-0.2, -0.15) is 0 Å². The van der Waals surface area contributed by atoms with Crippen LogP contribution in [-0.2, 0) is 11.3 Å². The van der Waals surface area contributed by atoms with E-state index in [2.05, 4.69) is 14.6 Å². The molecular formula is C21H20ClN5O. The molecule has 3 aromatic heterocycles. The predicted octanol–water partition coefficient (Wildman–Crippen LogP) is 3.74. The van der Waals surface area contributed by atoms with Crippen molar-refractivity contribution in [2.45, 2.75) is 25.3 Å². The number of aromatic nitrogens is 4. The standard InChI is InChI=1S/C21H20ClN5O/c22-17-4-3-5-18-16(17)9-13-26(18)14-20(28)25-11-7-15(8-12-25)21-24-23-19-6-1-2-10-27(19)21/h1-6,9-10,13,15H,7-8,11-12,14H2. The number of hydrogen-bond acceptors (Lipinski definition) is 3. The minimum atomic E-state index is 0.141. The Kier molecular flexibility index (Phi) is 4.28. The second kappa shape index (κ2) is 6.95. The second-order valence-corrected chi connectivity index (χ2v) is 7.67. The summed E-state index contributed by atoms with van der Waals surface area (Å²) in [5, 5.41) is 10.3. The van der Waals surface area contributed by atoms with Gasteiger partial charge in [-0.3, -0.25) is 9.20 Å². The van der Waals surface area contributed by atoms with Crippen LogP contribution in [0.15, 0.2) is 54.9 Å². The zero-order valence-corrected chi connectivity index (χ0v) is 16.1. The number of rotatable bonds is 3. The molecule has 5 rings (SSSR count). The molecule has 142 valence electrons. The summed E-state index contributed by atoms with van der Waals surface area (Å²) in [5.41, 5.74) is 1.86. The Morgan fingerprint density at radius 2 is 1.89 bits per heavy atom. The van der Waals surface area contributed by atoms with Crippen molar-refractivity contribution in [3.63, 3.8) is 0 Å². The van der Waals surface area contributed by atoms with E-state index in [1.165, 1.54) is 0 Å². The van der Waals surface area contributed by atoms with E-state index < -0.39 is 0 Å². The molecular weight excluding hydrogens is 374 g/mol. The van der Waals surface area contributed by atoms with Gasteiger partial charge in [-0.25, -0.2) is 0 Å². The van der Waals surface area contributed by atoms with Crippen LogP contribution in [-0.4, -0.2) is 43.1 Å². The van der Waals surface area contributed by atoms with E-state index in [0.29, 0.717) is 17.5 Å². The molecule has 1 aliphatic heterocycles. The molecule has 4 heterocycles. The Morgan fingerprint density at radius 3 is 2.75 bits per heavy atom. The summed E-state index contributed by atoms with van der Waals surface area (Å²) in [6.07, 6.45) is 5.74. The topological polar surface area (TPSA) is 55.4 Å². The minimum absolute atomic E-state index is 0.141. The molecule has 0 atom stereocenters. The predicted molar refractivity (Wildman–Crippen MR) is 108 cm³/mol. The zero-order valence-electron chi connectivity index (χ0n) is 15.3. The zero-order chi connectivity index (χ0) is 19.1. The maximum absolute atomic E-state index is 12.8. The fourth-order valence-electron chi connectivity index (χ4n) is 4.09. The molecule has 0 bridgehead atoms. The fourth-order valence-corrected chi connectivity index (χ4v) is 4.33. The van der Waals surface area contributed by atoms with Gasteiger partial charge in [0, 0.05) is 47.3 Å². The van der Waals surface area contributed by atoms with Crippen molar-refractivity contribution in [2.75, 3.05) is 13.1 Å². The largest absolute Gasteiger partial charge is 0.341 e. The summed E-state index contributed by atoms with van der Waals surface area (Å²) in [5.74, 6) is 1.46. The average Bonchev–Trinajstić information content (AvgIpc) is 3.33. The van der Waals surface area contributed by atoms with Crippen LogP contribution < -0.4 is 0 Å². The van der Waals surface area contributed by atoms with Crippen LogP contribution in [0.1, 0.15) is 24.6 Å². The molecule has 1 fully saturated rings. The number of benzene rings is 1. The average molecular weight is 394 g/mol. The lowest BCUT2D eigenvalue weighted by molar-refractivity contribution is -0.132. The summed E-state index contributed by atoms with van der Waals surface area (Å²) >= 11 is 6.24. The first-order valence-electron chi connectivity index (χ1n) is 9.51. The van der Waals surface area contributed by atoms with Crippen LogP contribution in [0, 0.1) is 0 Å². The van der Waals surface area contributed by atoms with Gasteiger partial charge in [0.15, 0.2) is 5.65 Å². The van der Waals surface area contributed by atoms with E-state index in [9.17, 15) is 4.79 Å². The molecule has 0 aliphatic carbocycles. The molecule has 0 N–H and O–H groups in total.